The molecular formula is C15H19N3O3. The van der Waals surface area contributed by atoms with Crippen LogP contribution in [0.2, 0.25) is 0 Å². The Balaban J connectivity index is 2.12. The van der Waals surface area contributed by atoms with Gasteiger partial charge in [-0.1, -0.05) is 19.9 Å². The lowest BCUT2D eigenvalue weighted by Gasteiger charge is -2.26. The van der Waals surface area contributed by atoms with Gasteiger partial charge in [-0.15, -0.1) is 0 Å². The van der Waals surface area contributed by atoms with E-state index in [0.717, 1.165) is 0 Å². The van der Waals surface area contributed by atoms with Gasteiger partial charge >= 0.3 is 5.97 Å². The molecule has 0 aliphatic carbocycles. The van der Waals surface area contributed by atoms with E-state index in [4.69, 9.17) is 0 Å². The van der Waals surface area contributed by atoms with Crippen LogP contribution >= 0.6 is 0 Å². The van der Waals surface area contributed by atoms with Gasteiger partial charge in [0.2, 0.25) is 0 Å². The summed E-state index contributed by atoms with van der Waals surface area (Å²) >= 11 is 0. The van der Waals surface area contributed by atoms with Crippen LogP contribution in [0.1, 0.15) is 37.2 Å². The molecule has 0 radical (unpaired) electrons. The van der Waals surface area contributed by atoms with E-state index in [2.05, 4.69) is 10.3 Å². The molecule has 0 atom stereocenters. The number of rotatable bonds is 6. The predicted molar refractivity (Wildman–Crippen MR) is 78.2 cm³/mol. The van der Waals surface area contributed by atoms with Crippen LogP contribution in [0.25, 0.3) is 5.65 Å². The van der Waals surface area contributed by atoms with Crippen LogP contribution < -0.4 is 5.32 Å². The zero-order valence-corrected chi connectivity index (χ0v) is 12.2. The van der Waals surface area contributed by atoms with Crippen molar-refractivity contribution >= 4 is 17.5 Å². The molecule has 0 fully saturated rings. The Morgan fingerprint density at radius 1 is 1.33 bits per heavy atom. The van der Waals surface area contributed by atoms with Crippen LogP contribution in [0.4, 0.5) is 0 Å². The molecule has 2 rings (SSSR count). The maximum Gasteiger partial charge on any atom is 0.311 e. The van der Waals surface area contributed by atoms with Crippen LogP contribution in [0.15, 0.2) is 30.6 Å². The molecule has 2 N–H and O–H groups in total. The Morgan fingerprint density at radius 2 is 2.05 bits per heavy atom. The largest absolute Gasteiger partial charge is 0.481 e. The van der Waals surface area contributed by atoms with Gasteiger partial charge in [0.05, 0.1) is 5.41 Å². The van der Waals surface area contributed by atoms with Gasteiger partial charge in [-0.25, -0.2) is 4.98 Å². The number of imidazole rings is 1. The van der Waals surface area contributed by atoms with Crippen LogP contribution in [0.3, 0.4) is 0 Å². The van der Waals surface area contributed by atoms with Crippen molar-refractivity contribution in [1.82, 2.24) is 14.7 Å². The predicted octanol–water partition coefficient (Wildman–Crippen LogP) is 1.96. The number of carbonyl (C=O) groups is 2. The fourth-order valence-corrected chi connectivity index (χ4v) is 2.26. The molecule has 0 aliphatic rings. The summed E-state index contributed by atoms with van der Waals surface area (Å²) in [5.41, 5.74) is 0.0419. The number of fused-ring (bicyclic) bond motifs is 1. The molecule has 0 spiro atoms. The number of hydrogen-bond donors (Lipinski definition) is 2. The standard InChI is InChI=1S/C15H19N3O3/c1-3-15(4-2,14(20)21)10-16-13(19)11-9-18-8-6-5-7-12(18)17-11/h5-9H,3-4,10H2,1-2H3,(H,16,19)(H,20,21). The molecular weight excluding hydrogens is 270 g/mol. The minimum absolute atomic E-state index is 0.0992. The summed E-state index contributed by atoms with van der Waals surface area (Å²) in [6, 6.07) is 5.49. The molecule has 0 saturated heterocycles. The number of hydrogen-bond acceptors (Lipinski definition) is 3. The first-order valence-corrected chi connectivity index (χ1v) is 6.97. The van der Waals surface area contributed by atoms with Gasteiger partial charge < -0.3 is 14.8 Å². The summed E-state index contributed by atoms with van der Waals surface area (Å²) < 4.78 is 1.75. The maximum absolute atomic E-state index is 12.1. The number of aliphatic carboxylic acids is 1. The van der Waals surface area contributed by atoms with Gasteiger partial charge in [0.25, 0.3) is 5.91 Å². The fraction of sp³-hybridized carbons (Fsp3) is 0.400. The lowest BCUT2D eigenvalue weighted by molar-refractivity contribution is -0.149. The van der Waals surface area contributed by atoms with E-state index in [9.17, 15) is 14.7 Å². The van der Waals surface area contributed by atoms with Crippen molar-refractivity contribution in [3.63, 3.8) is 0 Å². The molecule has 0 aromatic carbocycles. The summed E-state index contributed by atoms with van der Waals surface area (Å²) in [4.78, 5) is 27.8. The van der Waals surface area contributed by atoms with Crippen LogP contribution in [-0.4, -0.2) is 32.9 Å². The molecule has 0 bridgehead atoms. The fourth-order valence-electron chi connectivity index (χ4n) is 2.26. The van der Waals surface area contributed by atoms with Gasteiger partial charge in [-0.3, -0.25) is 9.59 Å². The Kier molecular flexibility index (Phi) is 4.26. The number of carbonyl (C=O) groups excluding carboxylic acids is 1. The van der Waals surface area contributed by atoms with Crippen molar-refractivity contribution in [2.75, 3.05) is 6.54 Å². The minimum atomic E-state index is -0.922. The van der Waals surface area contributed by atoms with Crippen LogP contribution in [0.5, 0.6) is 0 Å². The van der Waals surface area contributed by atoms with E-state index in [0.29, 0.717) is 18.5 Å². The molecule has 6 heteroatoms. The van der Waals surface area contributed by atoms with Crippen molar-refractivity contribution in [2.45, 2.75) is 26.7 Å². The summed E-state index contributed by atoms with van der Waals surface area (Å²) in [6.07, 6.45) is 4.36. The first-order valence-electron chi connectivity index (χ1n) is 6.97. The average molecular weight is 289 g/mol. The molecule has 0 unspecified atom stereocenters. The van der Waals surface area contributed by atoms with E-state index < -0.39 is 11.4 Å². The molecule has 0 saturated carbocycles. The number of aromatic nitrogens is 2. The number of amides is 1. The van der Waals surface area contributed by atoms with Crippen molar-refractivity contribution in [3.8, 4) is 0 Å². The van der Waals surface area contributed by atoms with Gasteiger partial charge in [0.15, 0.2) is 0 Å². The van der Waals surface area contributed by atoms with Crippen LogP contribution in [0, 0.1) is 5.41 Å². The molecule has 6 nitrogen and oxygen atoms in total. The second kappa shape index (κ2) is 5.95. The molecule has 1 amide bonds. The molecule has 2 aromatic rings. The average Bonchev–Trinajstić information content (AvgIpc) is 2.92. The Labute approximate surface area is 122 Å². The minimum Gasteiger partial charge on any atom is -0.481 e. The summed E-state index contributed by atoms with van der Waals surface area (Å²) in [7, 11) is 0. The molecule has 0 aliphatic heterocycles. The quantitative estimate of drug-likeness (QED) is 0.851. The third-order valence-corrected chi connectivity index (χ3v) is 3.99. The second-order valence-corrected chi connectivity index (χ2v) is 5.07. The topological polar surface area (TPSA) is 83.7 Å². The third kappa shape index (κ3) is 2.89. The van der Waals surface area contributed by atoms with E-state index in [1.54, 1.807) is 22.9 Å². The Bertz CT molecular complexity index is 626. The number of pyridine rings is 1. The molecule has 2 heterocycles. The van der Waals surface area contributed by atoms with Crippen molar-refractivity contribution in [3.05, 3.63) is 36.3 Å². The third-order valence-electron chi connectivity index (χ3n) is 3.99. The van der Waals surface area contributed by atoms with Gasteiger partial charge in [-0.05, 0) is 25.0 Å². The highest BCUT2D eigenvalue weighted by Gasteiger charge is 2.35. The van der Waals surface area contributed by atoms with E-state index in [1.807, 2.05) is 26.0 Å². The Hall–Kier alpha value is -2.37. The van der Waals surface area contributed by atoms with E-state index in [-0.39, 0.29) is 18.1 Å². The zero-order valence-electron chi connectivity index (χ0n) is 12.2. The lowest BCUT2D eigenvalue weighted by atomic mass is 9.82. The van der Waals surface area contributed by atoms with Crippen molar-refractivity contribution < 1.29 is 14.7 Å². The smallest absolute Gasteiger partial charge is 0.311 e. The summed E-state index contributed by atoms with van der Waals surface area (Å²) in [6.45, 7) is 3.73. The molecule has 2 aromatic heterocycles. The first-order chi connectivity index (χ1) is 10.0. The van der Waals surface area contributed by atoms with Crippen molar-refractivity contribution in [2.24, 2.45) is 5.41 Å². The highest BCUT2D eigenvalue weighted by molar-refractivity contribution is 5.93. The highest BCUT2D eigenvalue weighted by atomic mass is 16.4. The normalized spacial score (nSPS) is 11.5. The Morgan fingerprint density at radius 3 is 2.62 bits per heavy atom. The number of nitrogens with one attached hydrogen (secondary N) is 1. The van der Waals surface area contributed by atoms with E-state index >= 15 is 0 Å². The van der Waals surface area contributed by atoms with Gasteiger partial charge in [0, 0.05) is 18.9 Å². The maximum atomic E-state index is 12.1. The second-order valence-electron chi connectivity index (χ2n) is 5.07. The zero-order chi connectivity index (χ0) is 15.5. The summed E-state index contributed by atoms with van der Waals surface area (Å²) in [5.74, 6) is -1.24. The monoisotopic (exact) mass is 289 g/mol. The van der Waals surface area contributed by atoms with E-state index in [1.165, 1.54) is 0 Å². The SMILES string of the molecule is CCC(CC)(CNC(=O)c1cn2ccccc2n1)C(=O)O. The summed E-state index contributed by atoms with van der Waals surface area (Å²) in [5, 5.41) is 12.0. The highest BCUT2D eigenvalue weighted by Crippen LogP contribution is 2.25. The van der Waals surface area contributed by atoms with Gasteiger partial charge in [0.1, 0.15) is 11.3 Å². The van der Waals surface area contributed by atoms with Crippen LogP contribution in [-0.2, 0) is 4.79 Å². The molecule has 21 heavy (non-hydrogen) atoms. The van der Waals surface area contributed by atoms with Crippen molar-refractivity contribution in [1.29, 1.82) is 0 Å². The van der Waals surface area contributed by atoms with Gasteiger partial charge in [-0.2, -0.15) is 0 Å². The molecule has 112 valence electrons. The number of carboxylic acids is 1. The number of carboxylic acid groups (broad SMARTS) is 1. The number of nitrogens with zero attached hydrogens (tertiary/aromatic N) is 2. The lowest BCUT2D eigenvalue weighted by Crippen LogP contribution is -2.42. The first kappa shape index (κ1) is 15.0.